The van der Waals surface area contributed by atoms with Crippen molar-refractivity contribution in [3.8, 4) is 5.75 Å². The van der Waals surface area contributed by atoms with Crippen molar-refractivity contribution in [1.29, 1.82) is 0 Å². The van der Waals surface area contributed by atoms with Crippen molar-refractivity contribution in [2.24, 2.45) is 5.11 Å². The number of ketones is 1. The Morgan fingerprint density at radius 1 is 0.350 bits per heavy atom. The summed E-state index contributed by atoms with van der Waals surface area (Å²) in [6.07, 6.45) is 1.80. The van der Waals surface area contributed by atoms with E-state index in [4.69, 9.17) is 57.6 Å². The minimum Gasteiger partial charge on any atom is -0.427 e. The molecule has 0 bridgehead atoms. The molecule has 1 rings (SSSR count). The van der Waals surface area contributed by atoms with E-state index in [0.717, 1.165) is 44.1 Å². The van der Waals surface area contributed by atoms with Crippen LogP contribution in [-0.2, 0) is 105 Å². The highest BCUT2D eigenvalue weighted by Crippen LogP contribution is 2.18. The monoisotopic (exact) mass is 1470 g/mol. The molecule has 0 fully saturated rings. The minimum absolute atomic E-state index is 0.0881. The Morgan fingerprint density at radius 3 is 0.874 bits per heavy atom. The number of benzene rings is 1. The number of ether oxygens (including phenoxy) is 11. The maximum atomic E-state index is 13.1. The highest BCUT2D eigenvalue weighted by atomic mass is 16.6. The number of nitrogens with zero attached hydrogens (tertiary/aromatic N) is 14. The van der Waals surface area contributed by atoms with Crippen LogP contribution in [0, 0.1) is 10.1 Å². The molecule has 0 unspecified atom stereocenters. The third kappa shape index (κ3) is 45.2. The second kappa shape index (κ2) is 55.9. The van der Waals surface area contributed by atoms with Gasteiger partial charge in [0.05, 0.1) is 189 Å². The van der Waals surface area contributed by atoms with Crippen LogP contribution in [-0.4, -0.2) is 399 Å². The lowest BCUT2D eigenvalue weighted by atomic mass is 10.1. The molecule has 0 N–H and O–H groups in total. The molecule has 0 aliphatic rings. The number of azide groups is 1. The molecule has 103 heavy (non-hydrogen) atoms. The molecule has 0 heterocycles. The van der Waals surface area contributed by atoms with Gasteiger partial charge in [-0.1, -0.05) is 5.11 Å². The lowest BCUT2D eigenvalue weighted by molar-refractivity contribution is -0.384. The molecule has 0 saturated heterocycles. The van der Waals surface area contributed by atoms with Crippen LogP contribution in [0.1, 0.15) is 32.1 Å². The fourth-order valence-electron chi connectivity index (χ4n) is 8.07. The maximum Gasteiger partial charge on any atom is 0.311 e. The number of nitro groups is 1. The summed E-state index contributed by atoms with van der Waals surface area (Å²) in [6, 6.07) is 5.27. The number of carbonyl (C=O) groups excluding carboxylic acids is 12. The molecule has 582 valence electrons. The third-order valence-electron chi connectivity index (χ3n) is 14.6. The number of Topliss-reactive ketones (excluding diaryl/α,β-unsaturated/α-hetero) is 1. The fourth-order valence-corrected chi connectivity index (χ4v) is 8.07. The van der Waals surface area contributed by atoms with Gasteiger partial charge in [-0.05, 0) is 36.9 Å². The van der Waals surface area contributed by atoms with E-state index in [1.54, 1.807) is 0 Å². The second-order valence-corrected chi connectivity index (χ2v) is 23.3. The summed E-state index contributed by atoms with van der Waals surface area (Å²) in [5.74, 6) is -6.37. The van der Waals surface area contributed by atoms with E-state index in [1.165, 1.54) is 99.6 Å². The van der Waals surface area contributed by atoms with Gasteiger partial charge in [0, 0.05) is 114 Å². The van der Waals surface area contributed by atoms with Gasteiger partial charge in [-0.3, -0.25) is 67.6 Å². The van der Waals surface area contributed by atoms with Gasteiger partial charge in [0.1, 0.15) is 12.4 Å². The van der Waals surface area contributed by atoms with Gasteiger partial charge < -0.3 is 101 Å². The van der Waals surface area contributed by atoms with Crippen LogP contribution in [0.5, 0.6) is 5.75 Å². The average Bonchev–Trinajstić information content (AvgIpc) is 0.901. The van der Waals surface area contributed by atoms with Gasteiger partial charge in [0.25, 0.3) is 5.69 Å². The third-order valence-corrected chi connectivity index (χ3v) is 14.6. The Bertz CT molecular complexity index is 2820. The molecule has 39 heteroatoms. The molecular weight excluding hydrogens is 1360 g/mol. The Morgan fingerprint density at radius 2 is 0.602 bits per heavy atom. The number of rotatable bonds is 60. The van der Waals surface area contributed by atoms with Crippen LogP contribution < -0.4 is 4.74 Å². The number of likely N-dealkylation sites (N-methyl/N-ethyl adjacent to an activating group) is 10. The van der Waals surface area contributed by atoms with Crippen molar-refractivity contribution >= 4 is 76.5 Å². The van der Waals surface area contributed by atoms with Gasteiger partial charge >= 0.3 is 5.97 Å². The smallest absolute Gasteiger partial charge is 0.311 e. The van der Waals surface area contributed by atoms with E-state index in [-0.39, 0.29) is 82.7 Å². The molecule has 0 aromatic heterocycles. The van der Waals surface area contributed by atoms with Crippen LogP contribution >= 0.6 is 0 Å². The summed E-state index contributed by atoms with van der Waals surface area (Å²) in [4.78, 5) is 177. The lowest BCUT2D eigenvalue weighted by Gasteiger charge is -2.27. The molecule has 0 spiro atoms. The van der Waals surface area contributed by atoms with Gasteiger partial charge in [0.15, 0.2) is 5.78 Å². The number of nitro benzene ring substituents is 1. The quantitative estimate of drug-likeness (QED) is 0.0100. The van der Waals surface area contributed by atoms with Gasteiger partial charge in [-0.2, -0.15) is 0 Å². The predicted octanol–water partition coefficient (Wildman–Crippen LogP) is -1.92. The van der Waals surface area contributed by atoms with E-state index in [9.17, 15) is 67.6 Å². The van der Waals surface area contributed by atoms with Crippen molar-refractivity contribution < 1.29 is 115 Å². The predicted molar refractivity (Wildman–Crippen MR) is 365 cm³/mol. The van der Waals surface area contributed by atoms with E-state index >= 15 is 0 Å². The van der Waals surface area contributed by atoms with E-state index < -0.39 is 116 Å². The first kappa shape index (κ1) is 92.4. The molecule has 10 amide bonds. The van der Waals surface area contributed by atoms with E-state index in [2.05, 4.69) is 10.0 Å². The number of unbranched alkanes of at least 4 members (excludes halogenated alkanes) is 1. The molecular formula is C64H106N14O25. The van der Waals surface area contributed by atoms with E-state index in [0.29, 0.717) is 125 Å². The molecule has 0 saturated carbocycles. The van der Waals surface area contributed by atoms with Crippen LogP contribution in [0.25, 0.3) is 10.4 Å². The number of esters is 1. The van der Waals surface area contributed by atoms with Crippen molar-refractivity contribution in [1.82, 2.24) is 49.0 Å². The summed E-state index contributed by atoms with van der Waals surface area (Å²) < 4.78 is 59.8. The molecule has 39 nitrogen and oxygen atoms in total. The normalized spacial score (nSPS) is 10.8. The topological polar surface area (TPSA) is 431 Å². The highest BCUT2D eigenvalue weighted by molar-refractivity contribution is 5.94. The van der Waals surface area contributed by atoms with E-state index in [1.807, 2.05) is 0 Å². The molecule has 0 aliphatic carbocycles. The second-order valence-electron chi connectivity index (χ2n) is 23.3. The van der Waals surface area contributed by atoms with Gasteiger partial charge in [0.2, 0.25) is 59.1 Å². The van der Waals surface area contributed by atoms with Crippen LogP contribution in [0.2, 0.25) is 0 Å². The first-order valence-corrected chi connectivity index (χ1v) is 33.2. The van der Waals surface area contributed by atoms with Gasteiger partial charge in [-0.15, -0.1) is 0 Å². The molecule has 1 aromatic carbocycles. The lowest BCUT2D eigenvalue weighted by Crippen LogP contribution is -2.49. The first-order valence-electron chi connectivity index (χ1n) is 33.2. The summed E-state index contributed by atoms with van der Waals surface area (Å²) >= 11 is 0. The zero-order valence-electron chi connectivity index (χ0n) is 61.2. The fraction of sp³-hybridized carbons (Fsp3) is 0.719. The molecule has 1 aromatic rings. The van der Waals surface area contributed by atoms with Gasteiger partial charge in [-0.25, -0.2) is 0 Å². The number of non-ortho nitro benzene ring substituents is 1. The maximum absolute atomic E-state index is 13.1. The number of hydrogen-bond acceptors (Lipinski definition) is 26. The average molecular weight is 1470 g/mol. The van der Waals surface area contributed by atoms with Crippen LogP contribution in [0.4, 0.5) is 5.69 Å². The minimum atomic E-state index is -0.646. The van der Waals surface area contributed by atoms with Crippen LogP contribution in [0.3, 0.4) is 0 Å². The Hall–Kier alpha value is -8.63. The SMILES string of the molecule is CN(CC(=O)CCCCN=[N+]=[N-])C(=O)CN(C)C(=O)CN(C)C(=O)CN(C)C(=O)CN(C)C(=O)CN(C)C(=O)CN(C)C(=O)CN(C)C(=O)CN(C)C(=O)CN(C)C(=O)COCCOCCOCCOCCOCCOCCOCCOCCOCCOCCCC(=O)Oc1ccc([N+](=O)[O-])cc1. The molecule has 0 aliphatic heterocycles. The number of hydrogen-bond donors (Lipinski definition) is 0. The highest BCUT2D eigenvalue weighted by Gasteiger charge is 2.27. The zero-order chi connectivity index (χ0) is 76.9. The summed E-state index contributed by atoms with van der Waals surface area (Å²) in [6.45, 7) is 2.46. The Balaban J connectivity index is 2.11. The van der Waals surface area contributed by atoms with Crippen molar-refractivity contribution in [2.75, 3.05) is 275 Å². The summed E-state index contributed by atoms with van der Waals surface area (Å²) in [7, 11) is 13.5. The van der Waals surface area contributed by atoms with Crippen molar-refractivity contribution in [3.63, 3.8) is 0 Å². The number of carbonyl (C=O) groups is 12. The van der Waals surface area contributed by atoms with Crippen molar-refractivity contribution in [2.45, 2.75) is 32.1 Å². The Kier molecular flexibility index (Phi) is 50.1. The largest absolute Gasteiger partial charge is 0.427 e. The first-order chi connectivity index (χ1) is 49.1. The summed E-state index contributed by atoms with van der Waals surface area (Å²) in [5, 5.41) is 14.1. The Labute approximate surface area is 600 Å². The molecule has 0 atom stereocenters. The van der Waals surface area contributed by atoms with Crippen LogP contribution in [0.15, 0.2) is 29.4 Å². The standard InChI is InChI=1S/C64H106N14O25/c1-68(40-52(79)14-11-12-20-66-67-65)54(80)41-69(2)55(81)42-70(3)56(82)43-71(4)57(83)44-72(5)58(84)45-73(6)59(85)46-74(7)60(86)47-75(8)61(87)48-76(9)62(88)49-77(10)63(89)50-102-39-38-101-37-36-100-35-34-99-33-32-98-31-30-97-29-28-96-27-26-95-25-24-94-23-22-93-21-13-15-64(90)103-53-18-16-51(17-19-53)78(91)92/h16-19H,11-15,20-50H2,1-10H3. The number of amides is 10. The molecule has 0 radical (unpaired) electrons. The zero-order valence-corrected chi connectivity index (χ0v) is 61.2. The summed E-state index contributed by atoms with van der Waals surface area (Å²) in [5.41, 5.74) is 8.25. The van der Waals surface area contributed by atoms with Crippen molar-refractivity contribution in [3.05, 3.63) is 44.8 Å².